The monoisotopic (exact) mass is 521 g/mol. The lowest BCUT2D eigenvalue weighted by molar-refractivity contribution is 0.0955. The third-order valence-corrected chi connectivity index (χ3v) is 6.88. The average molecular weight is 523 g/mol. The predicted molar refractivity (Wildman–Crippen MR) is 125 cm³/mol. The number of hydrazone groups is 1. The number of fused-ring (bicyclic) bond motifs is 1. The number of halogens is 2. The summed E-state index contributed by atoms with van der Waals surface area (Å²) < 4.78 is 0.875. The van der Waals surface area contributed by atoms with Gasteiger partial charge >= 0.3 is 0 Å². The van der Waals surface area contributed by atoms with Gasteiger partial charge in [0, 0.05) is 23.8 Å². The van der Waals surface area contributed by atoms with Crippen molar-refractivity contribution in [3.63, 3.8) is 0 Å². The van der Waals surface area contributed by atoms with Gasteiger partial charge in [0.15, 0.2) is 0 Å². The first-order valence-corrected chi connectivity index (χ1v) is 11.0. The summed E-state index contributed by atoms with van der Waals surface area (Å²) in [6.07, 6.45) is 2.77. The number of aromatic hydroxyl groups is 1. The van der Waals surface area contributed by atoms with Gasteiger partial charge in [0.25, 0.3) is 5.91 Å². The minimum atomic E-state index is -0.354. The first-order chi connectivity index (χ1) is 13.5. The molecule has 29 heavy (non-hydrogen) atoms. The molecule has 0 aromatic heterocycles. The van der Waals surface area contributed by atoms with Gasteiger partial charge in [0.05, 0.1) is 15.2 Å². The van der Waals surface area contributed by atoms with Gasteiger partial charge in [-0.3, -0.25) is 4.79 Å². The average Bonchev–Trinajstić information content (AvgIpc) is 2.64. The van der Waals surface area contributed by atoms with E-state index in [9.17, 15) is 9.90 Å². The first-order valence-electron chi connectivity index (χ1n) is 9.41. The molecule has 3 rings (SSSR count). The number of anilines is 1. The third kappa shape index (κ3) is 4.36. The molecule has 2 aromatic rings. The van der Waals surface area contributed by atoms with E-state index < -0.39 is 0 Å². The molecule has 0 saturated heterocycles. The maximum Gasteiger partial charge on any atom is 0.271 e. The van der Waals surface area contributed by atoms with Crippen LogP contribution in [0.5, 0.6) is 5.75 Å². The van der Waals surface area contributed by atoms with E-state index in [2.05, 4.69) is 94.2 Å². The topological polar surface area (TPSA) is 64.9 Å². The van der Waals surface area contributed by atoms with Crippen LogP contribution < -0.4 is 10.3 Å². The van der Waals surface area contributed by atoms with Crippen molar-refractivity contribution in [1.82, 2.24) is 5.43 Å². The second-order valence-electron chi connectivity index (χ2n) is 8.23. The highest BCUT2D eigenvalue weighted by molar-refractivity contribution is 9.11. The number of phenolic OH excluding ortho intramolecular Hbond substituents is 1. The Morgan fingerprint density at radius 3 is 2.52 bits per heavy atom. The summed E-state index contributed by atoms with van der Waals surface area (Å²) in [5.74, 6) is 0.148. The van der Waals surface area contributed by atoms with Crippen molar-refractivity contribution in [3.05, 3.63) is 55.5 Å². The molecule has 1 amide bonds. The number of rotatable bonds is 3. The van der Waals surface area contributed by atoms with Gasteiger partial charge in [0.1, 0.15) is 5.75 Å². The van der Waals surface area contributed by atoms with Crippen LogP contribution in [0.2, 0.25) is 0 Å². The highest BCUT2D eigenvalue weighted by Crippen LogP contribution is 2.43. The number of hydrogen-bond acceptors (Lipinski definition) is 4. The smallest absolute Gasteiger partial charge is 0.271 e. The number of carbonyl (C=O) groups excluding carboxylic acids is 1. The molecule has 2 N–H and O–H groups in total. The number of amides is 1. The fourth-order valence-electron chi connectivity index (χ4n) is 3.80. The maximum absolute atomic E-state index is 12.4. The van der Waals surface area contributed by atoms with Crippen LogP contribution in [0.25, 0.3) is 0 Å². The molecule has 1 heterocycles. The summed E-state index contributed by atoms with van der Waals surface area (Å²) in [4.78, 5) is 14.7. The highest BCUT2D eigenvalue weighted by atomic mass is 79.9. The lowest BCUT2D eigenvalue weighted by Gasteiger charge is -2.45. The molecule has 7 heteroatoms. The molecule has 5 nitrogen and oxygen atoms in total. The first kappa shape index (κ1) is 21.8. The summed E-state index contributed by atoms with van der Waals surface area (Å²) in [5, 5.41) is 13.9. The summed E-state index contributed by atoms with van der Waals surface area (Å²) in [5.41, 5.74) is 7.71. The zero-order chi connectivity index (χ0) is 21.5. The molecule has 0 bridgehead atoms. The second-order valence-corrected chi connectivity index (χ2v) is 9.94. The second kappa shape index (κ2) is 8.11. The van der Waals surface area contributed by atoms with E-state index in [0.29, 0.717) is 20.4 Å². The number of nitrogens with one attached hydrogen (secondary N) is 1. The van der Waals surface area contributed by atoms with E-state index in [1.807, 2.05) is 0 Å². The molecular formula is C22H25Br2N3O2. The van der Waals surface area contributed by atoms with E-state index in [1.165, 1.54) is 11.3 Å². The minimum absolute atomic E-state index is 0.0528. The molecule has 0 saturated carbocycles. The predicted octanol–water partition coefficient (Wildman–Crippen LogP) is 5.71. The Morgan fingerprint density at radius 2 is 1.90 bits per heavy atom. The molecule has 0 spiro atoms. The lowest BCUT2D eigenvalue weighted by atomic mass is 9.79. The zero-order valence-electron chi connectivity index (χ0n) is 17.2. The van der Waals surface area contributed by atoms with Gasteiger partial charge in [-0.2, -0.15) is 5.10 Å². The highest BCUT2D eigenvalue weighted by Gasteiger charge is 2.34. The van der Waals surface area contributed by atoms with Gasteiger partial charge in [-0.15, -0.1) is 0 Å². The Bertz CT molecular complexity index is 979. The normalized spacial score (nSPS) is 18.0. The number of aryl methyl sites for hydroxylation is 1. The van der Waals surface area contributed by atoms with Crippen LogP contribution in [0.4, 0.5) is 5.69 Å². The van der Waals surface area contributed by atoms with Crippen molar-refractivity contribution >= 4 is 49.7 Å². The Labute approximate surface area is 188 Å². The number of phenols is 1. The van der Waals surface area contributed by atoms with Crippen LogP contribution >= 0.6 is 31.9 Å². The minimum Gasteiger partial charge on any atom is -0.506 e. The molecule has 1 aliphatic heterocycles. The van der Waals surface area contributed by atoms with Crippen molar-refractivity contribution < 1.29 is 9.90 Å². The zero-order valence-corrected chi connectivity index (χ0v) is 20.3. The molecule has 1 aliphatic rings. The van der Waals surface area contributed by atoms with Crippen LogP contribution in [0.3, 0.4) is 0 Å². The fraction of sp³-hybridized carbons (Fsp3) is 0.364. The molecule has 0 aliphatic carbocycles. The molecule has 0 fully saturated rings. The SMILES string of the molecule is Cc1cc2c(cc1/C=N\NC(=O)c1cc(Br)c(O)c(Br)c1)C(C)CC(C)(C)N2C. The van der Waals surface area contributed by atoms with E-state index in [4.69, 9.17) is 0 Å². The van der Waals surface area contributed by atoms with Crippen molar-refractivity contribution in [1.29, 1.82) is 0 Å². The van der Waals surface area contributed by atoms with Gasteiger partial charge in [-0.05, 0) is 106 Å². The van der Waals surface area contributed by atoms with Crippen LogP contribution in [0, 0.1) is 6.92 Å². The van der Waals surface area contributed by atoms with E-state index >= 15 is 0 Å². The number of nitrogens with zero attached hydrogens (tertiary/aromatic N) is 2. The fourth-order valence-corrected chi connectivity index (χ4v) is 4.98. The molecular weight excluding hydrogens is 498 g/mol. The van der Waals surface area contributed by atoms with Gasteiger partial charge < -0.3 is 10.0 Å². The van der Waals surface area contributed by atoms with E-state index in [-0.39, 0.29) is 17.2 Å². The van der Waals surface area contributed by atoms with Crippen LogP contribution in [-0.4, -0.2) is 29.8 Å². The third-order valence-electron chi connectivity index (χ3n) is 5.67. The number of hydrogen-bond donors (Lipinski definition) is 2. The maximum atomic E-state index is 12.4. The Balaban J connectivity index is 1.82. The van der Waals surface area contributed by atoms with Crippen molar-refractivity contribution in [2.75, 3.05) is 11.9 Å². The van der Waals surface area contributed by atoms with Gasteiger partial charge in [0.2, 0.25) is 0 Å². The number of carbonyl (C=O) groups is 1. The van der Waals surface area contributed by atoms with Crippen molar-refractivity contribution in [3.8, 4) is 5.75 Å². The Kier molecular flexibility index (Phi) is 6.11. The summed E-state index contributed by atoms with van der Waals surface area (Å²) in [6, 6.07) is 7.47. The summed E-state index contributed by atoms with van der Waals surface area (Å²) >= 11 is 6.46. The van der Waals surface area contributed by atoms with E-state index in [0.717, 1.165) is 17.5 Å². The van der Waals surface area contributed by atoms with E-state index in [1.54, 1.807) is 18.3 Å². The Hall–Kier alpha value is -1.86. The molecule has 154 valence electrons. The van der Waals surface area contributed by atoms with Crippen LogP contribution in [-0.2, 0) is 0 Å². The van der Waals surface area contributed by atoms with Crippen molar-refractivity contribution in [2.45, 2.75) is 45.6 Å². The molecule has 2 aromatic carbocycles. The quantitative estimate of drug-likeness (QED) is 0.400. The van der Waals surface area contributed by atoms with Gasteiger partial charge in [-0.1, -0.05) is 6.92 Å². The van der Waals surface area contributed by atoms with Gasteiger partial charge in [-0.25, -0.2) is 5.43 Å². The van der Waals surface area contributed by atoms with Crippen LogP contribution in [0.15, 0.2) is 38.3 Å². The molecule has 0 radical (unpaired) electrons. The Morgan fingerprint density at radius 1 is 1.28 bits per heavy atom. The molecule has 1 unspecified atom stereocenters. The molecule has 1 atom stereocenters. The lowest BCUT2D eigenvalue weighted by Crippen LogP contribution is -2.45. The summed E-state index contributed by atoms with van der Waals surface area (Å²) in [6.45, 7) is 8.85. The van der Waals surface area contributed by atoms with Crippen molar-refractivity contribution in [2.24, 2.45) is 5.10 Å². The largest absolute Gasteiger partial charge is 0.506 e. The summed E-state index contributed by atoms with van der Waals surface area (Å²) in [7, 11) is 2.14. The van der Waals surface area contributed by atoms with Crippen LogP contribution in [0.1, 0.15) is 60.2 Å². The number of benzene rings is 2. The standard InChI is InChI=1S/C22H25Br2N3O2/c1-12-6-19-16(13(2)10-22(3,4)27(19)5)7-15(12)11-25-26-21(29)14-8-17(23)20(28)18(24)9-14/h6-9,11,13,28H,10H2,1-5H3,(H,26,29)/b25-11-.